The zero-order chi connectivity index (χ0) is 19.1. The first-order chi connectivity index (χ1) is 12.5. The van der Waals surface area contributed by atoms with E-state index in [0.717, 1.165) is 0 Å². The van der Waals surface area contributed by atoms with Crippen molar-refractivity contribution in [2.75, 3.05) is 38.5 Å². The lowest BCUT2D eigenvalue weighted by atomic mass is 10.2. The van der Waals surface area contributed by atoms with Crippen LogP contribution in [0.3, 0.4) is 0 Å². The highest BCUT2D eigenvalue weighted by molar-refractivity contribution is 6.43. The van der Waals surface area contributed by atoms with Crippen LogP contribution in [0.1, 0.15) is 6.42 Å². The Bertz CT molecular complexity index is 759. The maximum atomic E-state index is 12.2. The SMILES string of the molecule is COc1cc(NC(=O)CCNc2cccc(Cl)c2Cl)cc(OC)c1OC. The van der Waals surface area contributed by atoms with E-state index in [-0.39, 0.29) is 12.3 Å². The van der Waals surface area contributed by atoms with Crippen LogP contribution in [0.5, 0.6) is 17.2 Å². The fourth-order valence-electron chi connectivity index (χ4n) is 2.33. The van der Waals surface area contributed by atoms with Crippen LogP contribution in [0, 0.1) is 0 Å². The lowest BCUT2D eigenvalue weighted by Gasteiger charge is -2.15. The zero-order valence-corrected chi connectivity index (χ0v) is 16.2. The molecule has 2 rings (SSSR count). The predicted octanol–water partition coefficient (Wildman–Crippen LogP) is 4.46. The minimum Gasteiger partial charge on any atom is -0.493 e. The number of carbonyl (C=O) groups is 1. The molecule has 0 radical (unpaired) electrons. The Labute approximate surface area is 162 Å². The van der Waals surface area contributed by atoms with E-state index in [0.29, 0.717) is 45.2 Å². The molecule has 0 spiro atoms. The van der Waals surface area contributed by atoms with Crippen LogP contribution in [0.15, 0.2) is 30.3 Å². The van der Waals surface area contributed by atoms with E-state index in [4.69, 9.17) is 37.4 Å². The predicted molar refractivity (Wildman–Crippen MR) is 104 cm³/mol. The first-order valence-electron chi connectivity index (χ1n) is 7.78. The molecule has 0 unspecified atom stereocenters. The molecule has 0 aromatic heterocycles. The topological polar surface area (TPSA) is 68.8 Å². The normalized spacial score (nSPS) is 10.2. The number of nitrogens with one attached hydrogen (secondary N) is 2. The van der Waals surface area contributed by atoms with E-state index in [2.05, 4.69) is 10.6 Å². The number of hydrogen-bond acceptors (Lipinski definition) is 5. The molecule has 0 aliphatic heterocycles. The third-order valence-corrected chi connectivity index (χ3v) is 4.39. The minimum atomic E-state index is -0.176. The van der Waals surface area contributed by atoms with Crippen molar-refractivity contribution in [1.82, 2.24) is 0 Å². The summed E-state index contributed by atoms with van der Waals surface area (Å²) in [6, 6.07) is 8.62. The Hall–Kier alpha value is -2.31. The third kappa shape index (κ3) is 4.86. The molecule has 2 aromatic carbocycles. The van der Waals surface area contributed by atoms with Gasteiger partial charge >= 0.3 is 0 Å². The smallest absolute Gasteiger partial charge is 0.226 e. The van der Waals surface area contributed by atoms with Crippen molar-refractivity contribution in [2.45, 2.75) is 6.42 Å². The third-order valence-electron chi connectivity index (χ3n) is 3.57. The van der Waals surface area contributed by atoms with E-state index in [9.17, 15) is 4.79 Å². The molecule has 0 bridgehead atoms. The van der Waals surface area contributed by atoms with Crippen LogP contribution in [0.25, 0.3) is 0 Å². The molecule has 0 heterocycles. The summed E-state index contributed by atoms with van der Waals surface area (Å²) in [6.45, 7) is 0.399. The lowest BCUT2D eigenvalue weighted by molar-refractivity contribution is -0.115. The average molecular weight is 399 g/mol. The molecule has 0 aliphatic carbocycles. The monoisotopic (exact) mass is 398 g/mol. The van der Waals surface area contributed by atoms with E-state index in [1.165, 1.54) is 21.3 Å². The molecule has 1 amide bonds. The maximum absolute atomic E-state index is 12.2. The number of carbonyl (C=O) groups excluding carboxylic acids is 1. The van der Waals surface area contributed by atoms with Gasteiger partial charge in [-0.3, -0.25) is 4.79 Å². The van der Waals surface area contributed by atoms with Gasteiger partial charge in [0.25, 0.3) is 0 Å². The summed E-state index contributed by atoms with van der Waals surface area (Å²) in [5, 5.41) is 6.78. The Morgan fingerprint density at radius 3 is 2.27 bits per heavy atom. The summed E-state index contributed by atoms with van der Waals surface area (Å²) in [7, 11) is 4.55. The van der Waals surface area contributed by atoms with Gasteiger partial charge in [-0.15, -0.1) is 0 Å². The fourth-order valence-corrected chi connectivity index (χ4v) is 2.70. The lowest BCUT2D eigenvalue weighted by Crippen LogP contribution is -2.16. The number of methoxy groups -OCH3 is 3. The second-order valence-electron chi connectivity index (χ2n) is 5.24. The largest absolute Gasteiger partial charge is 0.493 e. The quantitative estimate of drug-likeness (QED) is 0.686. The van der Waals surface area contributed by atoms with Gasteiger partial charge in [0.1, 0.15) is 0 Å². The summed E-state index contributed by atoms with van der Waals surface area (Å²) in [6.07, 6.45) is 0.236. The number of halogens is 2. The highest BCUT2D eigenvalue weighted by Crippen LogP contribution is 2.39. The van der Waals surface area contributed by atoms with Gasteiger partial charge in [-0.25, -0.2) is 0 Å². The summed E-state index contributed by atoms with van der Waals surface area (Å²) in [4.78, 5) is 12.2. The molecule has 0 saturated heterocycles. The summed E-state index contributed by atoms with van der Waals surface area (Å²) in [5.41, 5.74) is 1.23. The molecule has 0 saturated carbocycles. The standard InChI is InChI=1S/C18H20Cl2N2O4/c1-24-14-9-11(10-15(25-2)18(14)26-3)22-16(23)7-8-21-13-6-4-5-12(19)17(13)20/h4-6,9-10,21H,7-8H2,1-3H3,(H,22,23). The van der Waals surface area contributed by atoms with Crippen LogP contribution in [0.2, 0.25) is 10.0 Å². The highest BCUT2D eigenvalue weighted by Gasteiger charge is 2.14. The molecule has 8 heteroatoms. The van der Waals surface area contributed by atoms with Gasteiger partial charge < -0.3 is 24.8 Å². The molecular weight excluding hydrogens is 379 g/mol. The Morgan fingerprint density at radius 1 is 1.04 bits per heavy atom. The van der Waals surface area contributed by atoms with Crippen molar-refractivity contribution < 1.29 is 19.0 Å². The molecule has 2 N–H and O–H groups in total. The van der Waals surface area contributed by atoms with Crippen LogP contribution >= 0.6 is 23.2 Å². The van der Waals surface area contributed by atoms with Crippen molar-refractivity contribution in [3.05, 3.63) is 40.4 Å². The average Bonchev–Trinajstić information content (AvgIpc) is 2.64. The summed E-state index contributed by atoms with van der Waals surface area (Å²) >= 11 is 12.1. The van der Waals surface area contributed by atoms with Crippen molar-refractivity contribution >= 4 is 40.5 Å². The second-order valence-corrected chi connectivity index (χ2v) is 6.03. The highest BCUT2D eigenvalue weighted by atomic mass is 35.5. The summed E-state index contributed by atoms with van der Waals surface area (Å²) < 4.78 is 15.8. The van der Waals surface area contributed by atoms with Crippen LogP contribution in [-0.4, -0.2) is 33.8 Å². The number of ether oxygens (including phenoxy) is 3. The van der Waals surface area contributed by atoms with Gasteiger partial charge in [-0.05, 0) is 12.1 Å². The van der Waals surface area contributed by atoms with Gasteiger partial charge in [0.05, 0.1) is 37.1 Å². The number of anilines is 2. The van der Waals surface area contributed by atoms with Crippen molar-refractivity contribution in [3.8, 4) is 17.2 Å². The zero-order valence-electron chi connectivity index (χ0n) is 14.7. The van der Waals surface area contributed by atoms with E-state index in [1.54, 1.807) is 30.3 Å². The molecule has 0 fully saturated rings. The van der Waals surface area contributed by atoms with Crippen LogP contribution in [-0.2, 0) is 4.79 Å². The Kier molecular flexibility index (Phi) is 7.24. The van der Waals surface area contributed by atoms with E-state index in [1.807, 2.05) is 0 Å². The fraction of sp³-hybridized carbons (Fsp3) is 0.278. The van der Waals surface area contributed by atoms with Gasteiger partial charge in [0, 0.05) is 30.8 Å². The number of hydrogen-bond donors (Lipinski definition) is 2. The van der Waals surface area contributed by atoms with Crippen molar-refractivity contribution in [2.24, 2.45) is 0 Å². The maximum Gasteiger partial charge on any atom is 0.226 e. The molecule has 2 aromatic rings. The second kappa shape index (κ2) is 9.40. The number of amides is 1. The van der Waals surface area contributed by atoms with Gasteiger partial charge in [-0.2, -0.15) is 0 Å². The number of benzene rings is 2. The van der Waals surface area contributed by atoms with Gasteiger partial charge in [-0.1, -0.05) is 29.3 Å². The molecule has 140 valence electrons. The molecule has 0 aliphatic rings. The Balaban J connectivity index is 1.98. The van der Waals surface area contributed by atoms with Crippen LogP contribution in [0.4, 0.5) is 11.4 Å². The van der Waals surface area contributed by atoms with Gasteiger partial charge in [0.15, 0.2) is 11.5 Å². The number of rotatable bonds is 8. The molecule has 26 heavy (non-hydrogen) atoms. The van der Waals surface area contributed by atoms with E-state index >= 15 is 0 Å². The van der Waals surface area contributed by atoms with Crippen molar-refractivity contribution in [3.63, 3.8) is 0 Å². The first-order valence-corrected chi connectivity index (χ1v) is 8.53. The minimum absolute atomic E-state index is 0.176. The van der Waals surface area contributed by atoms with E-state index < -0.39 is 0 Å². The van der Waals surface area contributed by atoms with Crippen LogP contribution < -0.4 is 24.8 Å². The molecular formula is C18H20Cl2N2O4. The molecule has 6 nitrogen and oxygen atoms in total. The first kappa shape index (κ1) is 20.0. The van der Waals surface area contributed by atoms with Crippen molar-refractivity contribution in [1.29, 1.82) is 0 Å². The Morgan fingerprint density at radius 2 is 1.69 bits per heavy atom. The van der Waals surface area contributed by atoms with Gasteiger partial charge in [0.2, 0.25) is 11.7 Å². The summed E-state index contributed by atoms with van der Waals surface area (Å²) in [5.74, 6) is 1.21. The molecule has 0 atom stereocenters.